The smallest absolute Gasteiger partial charge is 0.236 e. The van der Waals surface area contributed by atoms with Crippen molar-refractivity contribution >= 4 is 33.3 Å². The minimum absolute atomic E-state index is 0.154. The number of morpholine rings is 1. The van der Waals surface area contributed by atoms with Crippen LogP contribution in [-0.4, -0.2) is 72.1 Å². The number of ether oxygens (including phenoxy) is 1. The number of carbonyl (C=O) groups excluding carboxylic acids is 1. The van der Waals surface area contributed by atoms with Crippen LogP contribution < -0.4 is 5.73 Å². The first-order chi connectivity index (χ1) is 13.5. The summed E-state index contributed by atoms with van der Waals surface area (Å²) in [6, 6.07) is 0. The maximum Gasteiger partial charge on any atom is 0.236 e. The summed E-state index contributed by atoms with van der Waals surface area (Å²) in [5, 5.41) is 1.08. The predicted molar refractivity (Wildman–Crippen MR) is 112 cm³/mol. The zero-order valence-electron chi connectivity index (χ0n) is 16.7. The Bertz CT molecular complexity index is 862. The molecule has 7 nitrogen and oxygen atoms in total. The van der Waals surface area contributed by atoms with Gasteiger partial charge in [-0.05, 0) is 37.8 Å². The van der Waals surface area contributed by atoms with Crippen molar-refractivity contribution in [2.24, 2.45) is 5.92 Å². The van der Waals surface area contributed by atoms with E-state index in [0.29, 0.717) is 45.1 Å². The van der Waals surface area contributed by atoms with Crippen LogP contribution in [-0.2, 0) is 28.8 Å². The lowest BCUT2D eigenvalue weighted by Gasteiger charge is -2.28. The predicted octanol–water partition coefficient (Wildman–Crippen LogP) is 1.73. The third-order valence-corrected chi connectivity index (χ3v) is 6.86. The molecule has 0 spiro atoms. The maximum atomic E-state index is 12.4. The Morgan fingerprint density at radius 3 is 2.93 bits per heavy atom. The lowest BCUT2D eigenvalue weighted by Crippen LogP contribution is -2.45. The number of rotatable bonds is 5. The van der Waals surface area contributed by atoms with Gasteiger partial charge in [-0.2, -0.15) is 0 Å². The first-order valence-electron chi connectivity index (χ1n) is 10.1. The average Bonchev–Trinajstić information content (AvgIpc) is 3.04. The van der Waals surface area contributed by atoms with Gasteiger partial charge in [-0.15, -0.1) is 11.3 Å². The molecule has 3 heterocycles. The van der Waals surface area contributed by atoms with Crippen molar-refractivity contribution in [3.63, 3.8) is 0 Å². The number of nitrogens with zero attached hydrogens (tertiary/aromatic N) is 4. The fourth-order valence-corrected chi connectivity index (χ4v) is 5.45. The van der Waals surface area contributed by atoms with Crippen molar-refractivity contribution < 1.29 is 9.53 Å². The Balaban J connectivity index is 1.40. The van der Waals surface area contributed by atoms with Crippen molar-refractivity contribution in [2.75, 3.05) is 52.2 Å². The van der Waals surface area contributed by atoms with Gasteiger partial charge in [0.1, 0.15) is 16.5 Å². The normalized spacial score (nSPS) is 20.0. The first-order valence-corrected chi connectivity index (χ1v) is 10.9. The number of fused-ring (bicyclic) bond motifs is 3. The first kappa shape index (κ1) is 19.5. The number of anilines is 1. The second-order valence-corrected chi connectivity index (χ2v) is 9.12. The highest BCUT2D eigenvalue weighted by molar-refractivity contribution is 7.19. The lowest BCUT2D eigenvalue weighted by atomic mass is 9.89. The molecule has 2 aliphatic rings. The van der Waals surface area contributed by atoms with Gasteiger partial charge in [-0.3, -0.25) is 9.69 Å². The molecule has 4 rings (SSSR count). The van der Waals surface area contributed by atoms with Crippen LogP contribution in [0.3, 0.4) is 0 Å². The molecule has 8 heteroatoms. The summed E-state index contributed by atoms with van der Waals surface area (Å²) in [6.07, 6.45) is 4.10. The van der Waals surface area contributed by atoms with Gasteiger partial charge < -0.3 is 15.4 Å². The summed E-state index contributed by atoms with van der Waals surface area (Å²) in [5.41, 5.74) is 7.68. The molecule has 2 N–H and O–H groups in total. The second-order valence-electron chi connectivity index (χ2n) is 8.04. The van der Waals surface area contributed by atoms with Crippen molar-refractivity contribution in [2.45, 2.75) is 32.6 Å². The Morgan fingerprint density at radius 1 is 1.36 bits per heavy atom. The van der Waals surface area contributed by atoms with Crippen molar-refractivity contribution in [1.82, 2.24) is 19.8 Å². The molecule has 2 aromatic rings. The van der Waals surface area contributed by atoms with Crippen molar-refractivity contribution in [3.05, 3.63) is 16.3 Å². The molecule has 1 atom stereocenters. The van der Waals surface area contributed by atoms with Crippen LogP contribution in [0.2, 0.25) is 0 Å². The Labute approximate surface area is 169 Å². The van der Waals surface area contributed by atoms with E-state index >= 15 is 0 Å². The third kappa shape index (κ3) is 4.14. The van der Waals surface area contributed by atoms with Crippen molar-refractivity contribution in [1.29, 1.82) is 0 Å². The van der Waals surface area contributed by atoms with Crippen LogP contribution in [0.5, 0.6) is 0 Å². The number of amides is 1. The highest BCUT2D eigenvalue weighted by Gasteiger charge is 2.23. The van der Waals surface area contributed by atoms with Gasteiger partial charge in [-0.25, -0.2) is 9.97 Å². The largest absolute Gasteiger partial charge is 0.383 e. The van der Waals surface area contributed by atoms with E-state index in [0.717, 1.165) is 41.3 Å². The fourth-order valence-electron chi connectivity index (χ4n) is 4.04. The second kappa shape index (κ2) is 8.31. The van der Waals surface area contributed by atoms with Crippen LogP contribution >= 0.6 is 11.3 Å². The standard InChI is InChI=1S/C20H29N5O2S/c1-13-3-4-14-15(11-13)28-20-18(14)19(21)22-16(23-20)5-6-24(2)12-17(26)25-7-9-27-10-8-25/h13H,3-12H2,1-2H3,(H2,21,22,23). The number of carbonyl (C=O) groups is 1. The molecule has 2 aromatic heterocycles. The number of thiophene rings is 1. The third-order valence-electron chi connectivity index (χ3n) is 5.72. The van der Waals surface area contributed by atoms with E-state index in [1.807, 2.05) is 16.8 Å². The molecular weight excluding hydrogens is 374 g/mol. The quantitative estimate of drug-likeness (QED) is 0.818. The van der Waals surface area contributed by atoms with Gasteiger partial charge in [0.15, 0.2) is 0 Å². The van der Waals surface area contributed by atoms with Gasteiger partial charge >= 0.3 is 0 Å². The highest BCUT2D eigenvalue weighted by Crippen LogP contribution is 2.39. The summed E-state index contributed by atoms with van der Waals surface area (Å²) in [7, 11) is 1.96. The molecular formula is C20H29N5O2S. The number of likely N-dealkylation sites (N-methyl/N-ethyl adjacent to an activating group) is 1. The van der Waals surface area contributed by atoms with E-state index < -0.39 is 0 Å². The average molecular weight is 404 g/mol. The zero-order valence-corrected chi connectivity index (χ0v) is 17.6. The summed E-state index contributed by atoms with van der Waals surface area (Å²) in [4.78, 5) is 28.1. The van der Waals surface area contributed by atoms with E-state index in [2.05, 4.69) is 11.9 Å². The molecule has 0 aromatic carbocycles. The molecule has 1 fully saturated rings. The Hall–Kier alpha value is -1.77. The molecule has 1 unspecified atom stereocenters. The number of nitrogens with two attached hydrogens (primary N) is 1. The maximum absolute atomic E-state index is 12.4. The van der Waals surface area contributed by atoms with Crippen LogP contribution in [0.1, 0.15) is 29.6 Å². The molecule has 0 saturated carbocycles. The Kier molecular flexibility index (Phi) is 5.80. The van der Waals surface area contributed by atoms with Gasteiger partial charge in [0, 0.05) is 30.9 Å². The van der Waals surface area contributed by atoms with Crippen LogP contribution in [0.15, 0.2) is 0 Å². The minimum atomic E-state index is 0.154. The van der Waals surface area contributed by atoms with Crippen LogP contribution in [0.25, 0.3) is 10.2 Å². The molecule has 1 saturated heterocycles. The fraction of sp³-hybridized carbons (Fsp3) is 0.650. The number of aromatic nitrogens is 2. The van der Waals surface area contributed by atoms with Gasteiger partial charge in [0.05, 0.1) is 25.1 Å². The molecule has 1 aliphatic heterocycles. The van der Waals surface area contributed by atoms with E-state index in [-0.39, 0.29) is 5.91 Å². The van der Waals surface area contributed by atoms with E-state index in [1.54, 1.807) is 11.3 Å². The van der Waals surface area contributed by atoms with Crippen molar-refractivity contribution in [3.8, 4) is 0 Å². The summed E-state index contributed by atoms with van der Waals surface area (Å²) in [5.74, 6) is 2.26. The lowest BCUT2D eigenvalue weighted by molar-refractivity contribution is -0.136. The van der Waals surface area contributed by atoms with Crippen LogP contribution in [0, 0.1) is 5.92 Å². The van der Waals surface area contributed by atoms with Crippen LogP contribution in [0.4, 0.5) is 5.82 Å². The van der Waals surface area contributed by atoms with E-state index in [4.69, 9.17) is 15.5 Å². The summed E-state index contributed by atoms with van der Waals surface area (Å²) < 4.78 is 5.31. The summed E-state index contributed by atoms with van der Waals surface area (Å²) >= 11 is 1.78. The monoisotopic (exact) mass is 403 g/mol. The zero-order chi connectivity index (χ0) is 19.7. The molecule has 0 bridgehead atoms. The number of hydrogen-bond donors (Lipinski definition) is 1. The van der Waals surface area contributed by atoms with Gasteiger partial charge in [0.25, 0.3) is 0 Å². The Morgan fingerprint density at radius 2 is 2.14 bits per heavy atom. The molecule has 1 aliphatic carbocycles. The topological polar surface area (TPSA) is 84.6 Å². The minimum Gasteiger partial charge on any atom is -0.383 e. The summed E-state index contributed by atoms with van der Waals surface area (Å²) in [6.45, 7) is 6.07. The number of nitrogen functional groups attached to an aromatic ring is 1. The van der Waals surface area contributed by atoms with E-state index in [9.17, 15) is 4.79 Å². The molecule has 152 valence electrons. The highest BCUT2D eigenvalue weighted by atomic mass is 32.1. The van der Waals surface area contributed by atoms with Gasteiger partial charge in [0.2, 0.25) is 5.91 Å². The number of hydrogen-bond acceptors (Lipinski definition) is 7. The molecule has 28 heavy (non-hydrogen) atoms. The molecule has 0 radical (unpaired) electrons. The van der Waals surface area contributed by atoms with E-state index in [1.165, 1.54) is 16.9 Å². The SMILES string of the molecule is CC1CCc2c(sc3nc(CCN(C)CC(=O)N4CCOCC4)nc(N)c23)C1. The van der Waals surface area contributed by atoms with Gasteiger partial charge in [-0.1, -0.05) is 6.92 Å². The molecule has 1 amide bonds. The number of aryl methyl sites for hydroxylation is 1.